The molecule has 1 amide bonds. The summed E-state index contributed by atoms with van der Waals surface area (Å²) in [5.74, 6) is -0.772. The average Bonchev–Trinajstić information content (AvgIpc) is 2.90. The predicted octanol–water partition coefficient (Wildman–Crippen LogP) is 5.63. The highest BCUT2D eigenvalue weighted by atomic mass is 19.4. The van der Waals surface area contributed by atoms with Crippen LogP contribution in [0.5, 0.6) is 0 Å². The predicted molar refractivity (Wildman–Crippen MR) is 134 cm³/mol. The summed E-state index contributed by atoms with van der Waals surface area (Å²) in [5, 5.41) is 4.48. The van der Waals surface area contributed by atoms with Crippen LogP contribution >= 0.6 is 0 Å². The van der Waals surface area contributed by atoms with Crippen molar-refractivity contribution in [3.05, 3.63) is 83.9 Å². The topological polar surface area (TPSA) is 41.6 Å². The largest absolute Gasteiger partial charge is 0.431 e. The molecule has 5 rings (SSSR count). The van der Waals surface area contributed by atoms with Crippen molar-refractivity contribution in [1.29, 1.82) is 0 Å². The highest BCUT2D eigenvalue weighted by Gasteiger charge is 2.64. The van der Waals surface area contributed by atoms with Crippen molar-refractivity contribution in [1.82, 2.24) is 10.2 Å². The van der Waals surface area contributed by atoms with E-state index < -0.39 is 17.7 Å². The van der Waals surface area contributed by atoms with Crippen molar-refractivity contribution in [3.8, 4) is 0 Å². The SMILES string of the molecule is COC(C(=O)N1CCC2(CCNC[C@H]2c2ccccc2)CC1)(c1cccc2ccccc12)C(F)(F)F. The number of fused-ring (bicyclic) bond motifs is 1. The number of alkyl halides is 3. The molecule has 0 aliphatic carbocycles. The number of rotatable bonds is 4. The summed E-state index contributed by atoms with van der Waals surface area (Å²) in [6.07, 6.45) is -2.67. The third kappa shape index (κ3) is 3.98. The third-order valence-corrected chi connectivity index (χ3v) is 8.31. The average molecular weight is 497 g/mol. The fraction of sp³-hybridized carbons (Fsp3) is 0.414. The number of nitrogens with one attached hydrogen (secondary N) is 1. The van der Waals surface area contributed by atoms with Gasteiger partial charge in [0.05, 0.1) is 0 Å². The first-order valence-electron chi connectivity index (χ1n) is 12.5. The zero-order chi connectivity index (χ0) is 25.4. The lowest BCUT2D eigenvalue weighted by Gasteiger charge is -2.50. The molecule has 1 N–H and O–H groups in total. The van der Waals surface area contributed by atoms with Crippen molar-refractivity contribution in [3.63, 3.8) is 0 Å². The van der Waals surface area contributed by atoms with Gasteiger partial charge in [-0.05, 0) is 47.6 Å². The van der Waals surface area contributed by atoms with E-state index in [1.165, 1.54) is 16.5 Å². The molecule has 0 saturated carbocycles. The molecule has 1 unspecified atom stereocenters. The number of methoxy groups -OCH3 is 1. The van der Waals surface area contributed by atoms with Crippen LogP contribution in [0, 0.1) is 5.41 Å². The van der Waals surface area contributed by atoms with E-state index in [0.29, 0.717) is 23.6 Å². The maximum atomic E-state index is 14.8. The Morgan fingerprint density at radius 3 is 2.31 bits per heavy atom. The minimum absolute atomic E-state index is 0.0448. The number of amides is 1. The first-order chi connectivity index (χ1) is 17.3. The van der Waals surface area contributed by atoms with Gasteiger partial charge in [0.25, 0.3) is 11.5 Å². The van der Waals surface area contributed by atoms with Gasteiger partial charge >= 0.3 is 6.18 Å². The summed E-state index contributed by atoms with van der Waals surface area (Å²) in [6.45, 7) is 2.25. The number of ether oxygens (including phenoxy) is 1. The molecule has 2 heterocycles. The summed E-state index contributed by atoms with van der Waals surface area (Å²) in [7, 11) is 0.983. The number of hydrogen-bond donors (Lipinski definition) is 1. The molecule has 190 valence electrons. The molecular formula is C29H31F3N2O2. The van der Waals surface area contributed by atoms with Gasteiger partial charge in [-0.2, -0.15) is 13.2 Å². The first-order valence-corrected chi connectivity index (χ1v) is 12.5. The Kier molecular flexibility index (Phi) is 6.55. The molecule has 2 aliphatic rings. The fourth-order valence-electron chi connectivity index (χ4n) is 6.34. The van der Waals surface area contributed by atoms with Crippen molar-refractivity contribution in [2.75, 3.05) is 33.3 Å². The Hall–Kier alpha value is -2.90. The van der Waals surface area contributed by atoms with E-state index in [9.17, 15) is 18.0 Å². The van der Waals surface area contributed by atoms with E-state index in [1.807, 2.05) is 18.2 Å². The zero-order valence-corrected chi connectivity index (χ0v) is 20.4. The number of likely N-dealkylation sites (tertiary alicyclic amines) is 1. The van der Waals surface area contributed by atoms with Crippen molar-refractivity contribution >= 4 is 16.7 Å². The molecule has 3 aromatic carbocycles. The molecule has 7 heteroatoms. The number of carbonyl (C=O) groups is 1. The molecule has 0 aromatic heterocycles. The van der Waals surface area contributed by atoms with E-state index >= 15 is 0 Å². The van der Waals surface area contributed by atoms with Crippen LogP contribution in [0.15, 0.2) is 72.8 Å². The minimum atomic E-state index is -4.93. The molecule has 0 radical (unpaired) electrons. The molecule has 2 atom stereocenters. The second-order valence-electron chi connectivity index (χ2n) is 9.98. The van der Waals surface area contributed by atoms with Crippen LogP contribution in [0.3, 0.4) is 0 Å². The van der Waals surface area contributed by atoms with Gasteiger partial charge in [0.15, 0.2) is 0 Å². The second-order valence-corrected chi connectivity index (χ2v) is 9.98. The van der Waals surface area contributed by atoms with Crippen LogP contribution in [0.25, 0.3) is 10.8 Å². The Labute approximate surface area is 209 Å². The quantitative estimate of drug-likeness (QED) is 0.509. The summed E-state index contributed by atoms with van der Waals surface area (Å²) in [4.78, 5) is 15.2. The van der Waals surface area contributed by atoms with E-state index in [0.717, 1.165) is 26.6 Å². The van der Waals surface area contributed by atoms with E-state index in [-0.39, 0.29) is 30.0 Å². The van der Waals surface area contributed by atoms with Crippen molar-refractivity contribution in [2.45, 2.75) is 37.0 Å². The number of hydrogen-bond acceptors (Lipinski definition) is 3. The van der Waals surface area contributed by atoms with Gasteiger partial charge in [-0.15, -0.1) is 0 Å². The Balaban J connectivity index is 1.48. The molecule has 0 bridgehead atoms. The summed E-state index contributed by atoms with van der Waals surface area (Å²) in [6, 6.07) is 21.7. The smallest absolute Gasteiger partial charge is 0.356 e. The van der Waals surface area contributed by atoms with Gasteiger partial charge in [0.2, 0.25) is 0 Å². The van der Waals surface area contributed by atoms with E-state index in [1.54, 1.807) is 36.4 Å². The van der Waals surface area contributed by atoms with Crippen LogP contribution < -0.4 is 5.32 Å². The maximum Gasteiger partial charge on any atom is 0.431 e. The summed E-state index contributed by atoms with van der Waals surface area (Å²) >= 11 is 0. The van der Waals surface area contributed by atoms with Gasteiger partial charge in [-0.1, -0.05) is 72.8 Å². The van der Waals surface area contributed by atoms with Crippen LogP contribution in [0.4, 0.5) is 13.2 Å². The molecule has 3 aromatic rings. The number of benzene rings is 3. The molecule has 36 heavy (non-hydrogen) atoms. The van der Waals surface area contributed by atoms with Gasteiger partial charge in [0, 0.05) is 38.2 Å². The second kappa shape index (κ2) is 9.52. The van der Waals surface area contributed by atoms with Crippen LogP contribution in [-0.4, -0.2) is 50.3 Å². The van der Waals surface area contributed by atoms with E-state index in [4.69, 9.17) is 4.74 Å². The number of carbonyl (C=O) groups excluding carboxylic acids is 1. The molecule has 1 spiro atoms. The minimum Gasteiger partial charge on any atom is -0.356 e. The third-order valence-electron chi connectivity index (χ3n) is 8.31. The van der Waals surface area contributed by atoms with Crippen molar-refractivity contribution < 1.29 is 22.7 Å². The molecule has 2 aliphatic heterocycles. The lowest BCUT2D eigenvalue weighted by molar-refractivity contribution is -0.270. The Morgan fingerprint density at radius 2 is 1.61 bits per heavy atom. The van der Waals surface area contributed by atoms with Gasteiger partial charge in [0.1, 0.15) is 0 Å². The fourth-order valence-corrected chi connectivity index (χ4v) is 6.34. The standard InChI is InChI=1S/C29H31F3N2O2/c1-36-28(29(30,31)32,24-13-7-11-21-8-5-6-12-23(21)24)26(35)34-18-15-27(16-19-34)14-17-33-20-25(27)22-9-3-2-4-10-22/h2-13,25,33H,14-20H2,1H3/t25-,28?/m0/s1. The number of halogens is 3. The number of piperidine rings is 2. The van der Waals surface area contributed by atoms with Gasteiger partial charge in [-0.25, -0.2) is 0 Å². The molecule has 2 saturated heterocycles. The lowest BCUT2D eigenvalue weighted by Crippen LogP contribution is -2.60. The summed E-state index contributed by atoms with van der Waals surface area (Å²) in [5.41, 5.74) is -2.03. The highest BCUT2D eigenvalue weighted by molar-refractivity contribution is 5.95. The maximum absolute atomic E-state index is 14.8. The van der Waals surface area contributed by atoms with Crippen LogP contribution in [0.1, 0.15) is 36.3 Å². The zero-order valence-electron chi connectivity index (χ0n) is 20.4. The number of nitrogens with zero attached hydrogens (tertiary/aromatic N) is 1. The Morgan fingerprint density at radius 1 is 0.944 bits per heavy atom. The van der Waals surface area contributed by atoms with Crippen LogP contribution in [-0.2, 0) is 15.1 Å². The normalized spacial score (nSPS) is 21.9. The Bertz CT molecular complexity index is 1220. The summed E-state index contributed by atoms with van der Waals surface area (Å²) < 4.78 is 49.7. The molecular weight excluding hydrogens is 465 g/mol. The van der Waals surface area contributed by atoms with Gasteiger partial charge in [-0.3, -0.25) is 4.79 Å². The molecule has 4 nitrogen and oxygen atoms in total. The highest BCUT2D eigenvalue weighted by Crippen LogP contribution is 2.50. The van der Waals surface area contributed by atoms with Crippen molar-refractivity contribution in [2.24, 2.45) is 5.41 Å². The van der Waals surface area contributed by atoms with Gasteiger partial charge < -0.3 is 15.0 Å². The molecule has 2 fully saturated rings. The van der Waals surface area contributed by atoms with E-state index in [2.05, 4.69) is 17.4 Å². The first kappa shape index (κ1) is 24.8. The van der Waals surface area contributed by atoms with Crippen LogP contribution in [0.2, 0.25) is 0 Å². The monoisotopic (exact) mass is 496 g/mol. The lowest BCUT2D eigenvalue weighted by atomic mass is 9.62.